The van der Waals surface area contributed by atoms with Gasteiger partial charge in [-0.3, -0.25) is 0 Å². The first kappa shape index (κ1) is 38.8. The van der Waals surface area contributed by atoms with Crippen LogP contribution in [-0.2, 0) is 0 Å². The molecule has 4 aromatic heterocycles. The normalized spacial score (nSPS) is 11.8. The third-order valence-corrected chi connectivity index (χ3v) is 13.5. The van der Waals surface area contributed by atoms with E-state index in [1.165, 1.54) is 21.9 Å². The van der Waals surface area contributed by atoms with Crippen LogP contribution in [-0.4, -0.2) is 19.5 Å². The first-order valence-electron chi connectivity index (χ1n) is 23.2. The summed E-state index contributed by atoms with van der Waals surface area (Å²) in [5.74, 6) is 1.78. The molecule has 322 valence electrons. The van der Waals surface area contributed by atoms with Gasteiger partial charge in [0.25, 0.3) is 0 Å². The molecule has 0 saturated heterocycles. The second-order valence-corrected chi connectivity index (χ2v) is 17.5. The SMILES string of the molecule is c1ccc(-c2ccc(-c3nc(-c4ccccc4)nc(-c4ccc5c(c4)oc4ccc(-c6cccc7oc8cccc(-n9c%10ccccc%10c%10cc(-c%11ccccc%11)ccc%109)c8c67)cc45)n3)cc2)cc1. The van der Waals surface area contributed by atoms with Gasteiger partial charge in [-0.05, 0) is 94.0 Å². The Hall–Kier alpha value is -9.39. The Balaban J connectivity index is 0.885. The van der Waals surface area contributed by atoms with Crippen molar-refractivity contribution in [3.8, 4) is 73.2 Å². The van der Waals surface area contributed by atoms with Crippen LogP contribution in [0, 0.1) is 0 Å². The van der Waals surface area contributed by atoms with E-state index < -0.39 is 0 Å². The zero-order valence-electron chi connectivity index (χ0n) is 37.0. The van der Waals surface area contributed by atoms with Gasteiger partial charge in [0.05, 0.1) is 22.1 Å². The molecule has 0 fully saturated rings. The number of aromatic nitrogens is 4. The Bertz CT molecular complexity index is 4290. The average Bonchev–Trinajstić information content (AvgIpc) is 4.10. The topological polar surface area (TPSA) is 69.9 Å². The highest BCUT2D eigenvalue weighted by molar-refractivity contribution is 6.19. The highest BCUT2D eigenvalue weighted by Crippen LogP contribution is 2.44. The maximum atomic E-state index is 6.70. The number of rotatable bonds is 7. The Morgan fingerprint density at radius 2 is 0.797 bits per heavy atom. The lowest BCUT2D eigenvalue weighted by Crippen LogP contribution is -2.00. The van der Waals surface area contributed by atoms with Crippen LogP contribution in [0.1, 0.15) is 0 Å². The van der Waals surface area contributed by atoms with E-state index in [0.29, 0.717) is 17.5 Å². The average molecular weight is 883 g/mol. The molecule has 14 rings (SSSR count). The van der Waals surface area contributed by atoms with Crippen LogP contribution in [0.15, 0.2) is 239 Å². The van der Waals surface area contributed by atoms with E-state index in [9.17, 15) is 0 Å². The van der Waals surface area contributed by atoms with Crippen LogP contribution in [0.25, 0.3) is 139 Å². The van der Waals surface area contributed by atoms with E-state index in [2.05, 4.69) is 193 Å². The highest BCUT2D eigenvalue weighted by Gasteiger charge is 2.22. The largest absolute Gasteiger partial charge is 0.456 e. The molecule has 4 heterocycles. The molecular weight excluding hydrogens is 845 g/mol. The Morgan fingerprint density at radius 3 is 1.55 bits per heavy atom. The summed E-state index contributed by atoms with van der Waals surface area (Å²) < 4.78 is 15.7. The lowest BCUT2D eigenvalue weighted by molar-refractivity contribution is 0.669. The quantitative estimate of drug-likeness (QED) is 0.159. The zero-order chi connectivity index (χ0) is 45.4. The molecule has 10 aromatic carbocycles. The van der Waals surface area contributed by atoms with Crippen molar-refractivity contribution >= 4 is 65.7 Å². The van der Waals surface area contributed by atoms with Crippen molar-refractivity contribution in [2.45, 2.75) is 0 Å². The van der Waals surface area contributed by atoms with Gasteiger partial charge in [0.15, 0.2) is 17.5 Å². The Labute approximate surface area is 396 Å². The van der Waals surface area contributed by atoms with Crippen LogP contribution < -0.4 is 0 Å². The first-order chi connectivity index (χ1) is 34.2. The van der Waals surface area contributed by atoms with Gasteiger partial charge in [-0.1, -0.05) is 170 Å². The van der Waals surface area contributed by atoms with Crippen molar-refractivity contribution in [3.63, 3.8) is 0 Å². The minimum Gasteiger partial charge on any atom is -0.456 e. The summed E-state index contributed by atoms with van der Waals surface area (Å²) in [5, 5.41) is 6.58. The fraction of sp³-hybridized carbons (Fsp3) is 0. The van der Waals surface area contributed by atoms with Gasteiger partial charge in [-0.2, -0.15) is 0 Å². The second kappa shape index (κ2) is 15.6. The van der Waals surface area contributed by atoms with Gasteiger partial charge in [-0.25, -0.2) is 15.0 Å². The molecule has 0 bridgehead atoms. The van der Waals surface area contributed by atoms with Crippen molar-refractivity contribution in [2.24, 2.45) is 0 Å². The summed E-state index contributed by atoms with van der Waals surface area (Å²) in [4.78, 5) is 15.1. The predicted molar refractivity (Wildman–Crippen MR) is 281 cm³/mol. The van der Waals surface area contributed by atoms with E-state index in [4.69, 9.17) is 23.8 Å². The van der Waals surface area contributed by atoms with Gasteiger partial charge in [0, 0.05) is 43.6 Å². The number of fused-ring (bicyclic) bond motifs is 9. The van der Waals surface area contributed by atoms with Crippen LogP contribution in [0.4, 0.5) is 0 Å². The summed E-state index contributed by atoms with van der Waals surface area (Å²) in [7, 11) is 0. The van der Waals surface area contributed by atoms with E-state index in [1.807, 2.05) is 42.5 Å². The van der Waals surface area contributed by atoms with Crippen molar-refractivity contribution in [3.05, 3.63) is 231 Å². The van der Waals surface area contributed by atoms with Gasteiger partial charge >= 0.3 is 0 Å². The fourth-order valence-corrected chi connectivity index (χ4v) is 10.2. The smallest absolute Gasteiger partial charge is 0.164 e. The molecule has 69 heavy (non-hydrogen) atoms. The van der Waals surface area contributed by atoms with E-state index >= 15 is 0 Å². The number of benzene rings is 10. The maximum Gasteiger partial charge on any atom is 0.164 e. The molecule has 0 aliphatic heterocycles. The number of hydrogen-bond donors (Lipinski definition) is 0. The lowest BCUT2D eigenvalue weighted by Gasteiger charge is -2.11. The molecule has 0 aliphatic carbocycles. The molecule has 0 aliphatic rings. The van der Waals surface area contributed by atoms with Crippen molar-refractivity contribution in [2.75, 3.05) is 0 Å². The highest BCUT2D eigenvalue weighted by atomic mass is 16.3. The standard InChI is InChI=1S/C63H38N4O2/c1-4-14-39(15-5-1)41-26-28-43(29-27-41)62-64-61(42-18-8-3-9-19-42)65-63(66-62)46-30-33-49-51-37-45(32-35-55(51)68-58(49)38-46)47-21-12-24-56-59(47)60-54(23-13-25-57(60)69-56)67-52-22-11-10-20-48(52)50-36-44(31-34-53(50)67)40-16-6-2-7-17-40/h1-38H. The monoisotopic (exact) mass is 882 g/mol. The van der Waals surface area contributed by atoms with E-state index in [1.54, 1.807) is 0 Å². The summed E-state index contributed by atoms with van der Waals surface area (Å²) in [6, 6.07) is 80.4. The van der Waals surface area contributed by atoms with Crippen LogP contribution >= 0.6 is 0 Å². The molecule has 0 amide bonds. The zero-order valence-corrected chi connectivity index (χ0v) is 37.0. The van der Waals surface area contributed by atoms with Gasteiger partial charge in [-0.15, -0.1) is 0 Å². The first-order valence-corrected chi connectivity index (χ1v) is 23.2. The van der Waals surface area contributed by atoms with Gasteiger partial charge in [0.1, 0.15) is 22.3 Å². The van der Waals surface area contributed by atoms with Crippen LogP contribution in [0.3, 0.4) is 0 Å². The second-order valence-electron chi connectivity index (χ2n) is 17.5. The lowest BCUT2D eigenvalue weighted by atomic mass is 9.97. The minimum absolute atomic E-state index is 0.572. The van der Waals surface area contributed by atoms with Gasteiger partial charge in [0.2, 0.25) is 0 Å². The molecule has 0 spiro atoms. The molecular formula is C63H38N4O2. The molecule has 0 N–H and O–H groups in total. The third-order valence-electron chi connectivity index (χ3n) is 13.5. The van der Waals surface area contributed by atoms with Crippen LogP contribution in [0.5, 0.6) is 0 Å². The van der Waals surface area contributed by atoms with Crippen LogP contribution in [0.2, 0.25) is 0 Å². The Kier molecular flexibility index (Phi) is 8.79. The van der Waals surface area contributed by atoms with Gasteiger partial charge < -0.3 is 13.4 Å². The number of hydrogen-bond acceptors (Lipinski definition) is 5. The van der Waals surface area contributed by atoms with Crippen molar-refractivity contribution in [1.29, 1.82) is 0 Å². The molecule has 0 radical (unpaired) electrons. The number of para-hydroxylation sites is 1. The number of nitrogens with zero attached hydrogens (tertiary/aromatic N) is 4. The summed E-state index contributed by atoms with van der Waals surface area (Å²) in [6.07, 6.45) is 0. The Morgan fingerprint density at radius 1 is 0.275 bits per heavy atom. The molecule has 0 atom stereocenters. The van der Waals surface area contributed by atoms with E-state index in [-0.39, 0.29) is 0 Å². The van der Waals surface area contributed by atoms with Crippen molar-refractivity contribution < 1.29 is 8.83 Å². The molecule has 6 nitrogen and oxygen atoms in total. The maximum absolute atomic E-state index is 6.70. The van der Waals surface area contributed by atoms with E-state index in [0.717, 1.165) is 99.5 Å². The molecule has 6 heteroatoms. The molecule has 0 saturated carbocycles. The molecule has 0 unspecified atom stereocenters. The molecule has 14 aromatic rings. The van der Waals surface area contributed by atoms with Crippen molar-refractivity contribution in [1.82, 2.24) is 19.5 Å². The number of furan rings is 2. The predicted octanol–water partition coefficient (Wildman–Crippen LogP) is 16.8. The summed E-state index contributed by atoms with van der Waals surface area (Å²) in [5.41, 5.74) is 16.1. The minimum atomic E-state index is 0.572. The summed E-state index contributed by atoms with van der Waals surface area (Å²) >= 11 is 0. The fourth-order valence-electron chi connectivity index (χ4n) is 10.2. The third kappa shape index (κ3) is 6.45. The summed E-state index contributed by atoms with van der Waals surface area (Å²) in [6.45, 7) is 0.